The number of aromatic nitrogens is 3. The van der Waals surface area contributed by atoms with Crippen LogP contribution in [-0.4, -0.2) is 40.2 Å². The molecule has 0 saturated carbocycles. The second-order valence-corrected chi connectivity index (χ2v) is 6.35. The van der Waals surface area contributed by atoms with Crippen molar-refractivity contribution in [2.45, 2.75) is 12.5 Å². The number of aliphatic imine (C=N–C) groups is 1. The maximum Gasteiger partial charge on any atom is 0.149 e. The first-order valence-electron chi connectivity index (χ1n) is 9.24. The largest absolute Gasteiger partial charge is 0.383 e. The number of amidine groups is 1. The first-order valence-corrected chi connectivity index (χ1v) is 9.24. The summed E-state index contributed by atoms with van der Waals surface area (Å²) in [6, 6.07) is 2.05. The Bertz CT molecular complexity index is 907. The number of halogens is 2. The van der Waals surface area contributed by atoms with Crippen LogP contribution in [-0.2, 0) is 0 Å². The fourth-order valence-corrected chi connectivity index (χ4v) is 2.77. The van der Waals surface area contributed by atoms with Crippen LogP contribution in [0.4, 0.5) is 14.6 Å². The lowest BCUT2D eigenvalue weighted by atomic mass is 10.1. The van der Waals surface area contributed by atoms with Crippen molar-refractivity contribution in [3.05, 3.63) is 67.7 Å². The van der Waals surface area contributed by atoms with E-state index < -0.39 is 12.4 Å². The van der Waals surface area contributed by atoms with Crippen LogP contribution in [0.15, 0.2) is 67.1 Å². The van der Waals surface area contributed by atoms with E-state index in [0.29, 0.717) is 11.6 Å². The summed E-state index contributed by atoms with van der Waals surface area (Å²) >= 11 is 0. The number of nitrogens with two attached hydrogens (primary N) is 2. The molecule has 0 aromatic carbocycles. The van der Waals surface area contributed by atoms with E-state index >= 15 is 0 Å². The molecule has 1 aliphatic rings. The average Bonchev–Trinajstić information content (AvgIpc) is 3.47. The molecule has 30 heavy (non-hydrogen) atoms. The molecule has 0 amide bonds. The topological polar surface area (TPSA) is 119 Å². The lowest BCUT2D eigenvalue weighted by Crippen LogP contribution is -2.32. The van der Waals surface area contributed by atoms with Gasteiger partial charge in [0.15, 0.2) is 0 Å². The molecule has 2 aromatic heterocycles. The molecule has 160 valence electrons. The van der Waals surface area contributed by atoms with Gasteiger partial charge in [0, 0.05) is 30.1 Å². The summed E-state index contributed by atoms with van der Waals surface area (Å²) in [5.74, 6) is 4.71. The van der Waals surface area contributed by atoms with Gasteiger partial charge in [-0.15, -0.1) is 0 Å². The maximum atomic E-state index is 13.0. The van der Waals surface area contributed by atoms with Gasteiger partial charge in [0.1, 0.15) is 23.8 Å². The standard InChI is InChI=1S/C16H20F2N8.C4H6/c17-4-12(18)7-23-16(25-20)14-3-10(5-22-15(14)19)11-6-24-26(9-11)13-1-2-21-8-13;1-3-4-2/h3-6,9,13,21H,1-2,7-8,20H2,(H2,19,22)(H,23,25);3-4H,1-2H2/b12-4-;. The first kappa shape index (κ1) is 22.9. The lowest BCUT2D eigenvalue weighted by molar-refractivity contribution is 0.491. The molecular formula is C20H26F2N8. The van der Waals surface area contributed by atoms with Gasteiger partial charge < -0.3 is 16.5 Å². The van der Waals surface area contributed by atoms with Gasteiger partial charge >= 0.3 is 0 Å². The van der Waals surface area contributed by atoms with Gasteiger partial charge in [-0.1, -0.05) is 25.3 Å². The number of anilines is 1. The highest BCUT2D eigenvalue weighted by atomic mass is 19.2. The van der Waals surface area contributed by atoms with Crippen molar-refractivity contribution in [1.82, 2.24) is 25.5 Å². The molecule has 8 nitrogen and oxygen atoms in total. The minimum Gasteiger partial charge on any atom is -0.383 e. The van der Waals surface area contributed by atoms with Crippen molar-refractivity contribution in [2.75, 3.05) is 25.4 Å². The third kappa shape index (κ3) is 6.06. The van der Waals surface area contributed by atoms with E-state index in [1.165, 1.54) is 0 Å². The Morgan fingerprint density at radius 1 is 1.37 bits per heavy atom. The molecule has 1 atom stereocenters. The minimum atomic E-state index is -1.02. The van der Waals surface area contributed by atoms with E-state index in [1.807, 2.05) is 10.9 Å². The normalized spacial score (nSPS) is 16.6. The zero-order valence-electron chi connectivity index (χ0n) is 16.6. The molecule has 3 heterocycles. The highest BCUT2D eigenvalue weighted by Gasteiger charge is 2.18. The molecule has 6 N–H and O–H groups in total. The van der Waals surface area contributed by atoms with Crippen molar-refractivity contribution in [3.63, 3.8) is 0 Å². The molecule has 0 spiro atoms. The molecule has 1 aliphatic heterocycles. The minimum absolute atomic E-state index is 0.112. The summed E-state index contributed by atoms with van der Waals surface area (Å²) in [5, 5.41) is 7.71. The summed E-state index contributed by atoms with van der Waals surface area (Å²) in [5.41, 5.74) is 10.3. The second kappa shape index (κ2) is 11.6. The van der Waals surface area contributed by atoms with Crippen LogP contribution >= 0.6 is 0 Å². The fourth-order valence-electron chi connectivity index (χ4n) is 2.77. The molecule has 0 bridgehead atoms. The SMILES string of the molecule is C=CC=C.NNC(=NC/C(F)=C/F)c1cc(-c2cnn(C3CCNC3)c2)cnc1N. The molecule has 10 heteroatoms. The molecule has 1 saturated heterocycles. The summed E-state index contributed by atoms with van der Waals surface area (Å²) in [6.45, 7) is 8.08. The van der Waals surface area contributed by atoms with E-state index in [0.717, 1.165) is 30.6 Å². The number of hydrogen-bond acceptors (Lipinski definition) is 6. The fraction of sp³-hybridized carbons (Fsp3) is 0.250. The van der Waals surface area contributed by atoms with Crippen molar-refractivity contribution in [3.8, 4) is 11.1 Å². The summed E-state index contributed by atoms with van der Waals surface area (Å²) < 4.78 is 27.0. The molecule has 2 aromatic rings. The van der Waals surface area contributed by atoms with Crippen LogP contribution in [0.5, 0.6) is 0 Å². The van der Waals surface area contributed by atoms with Gasteiger partial charge in [0.2, 0.25) is 0 Å². The number of nitrogens with one attached hydrogen (secondary N) is 2. The number of nitrogen functional groups attached to an aromatic ring is 1. The van der Waals surface area contributed by atoms with Crippen LogP contribution in [0, 0.1) is 0 Å². The number of hydrazine groups is 1. The molecular weight excluding hydrogens is 390 g/mol. The number of rotatable bonds is 6. The zero-order valence-corrected chi connectivity index (χ0v) is 16.6. The van der Waals surface area contributed by atoms with Crippen molar-refractivity contribution in [1.29, 1.82) is 0 Å². The third-order valence-corrected chi connectivity index (χ3v) is 4.33. The van der Waals surface area contributed by atoms with Gasteiger partial charge in [-0.05, 0) is 19.0 Å². The number of nitrogens with zero attached hydrogens (tertiary/aromatic N) is 4. The van der Waals surface area contributed by atoms with Gasteiger partial charge in [0.25, 0.3) is 0 Å². The Kier molecular flexibility index (Phi) is 8.85. The van der Waals surface area contributed by atoms with Crippen molar-refractivity contribution < 1.29 is 8.78 Å². The lowest BCUT2D eigenvalue weighted by Gasteiger charge is -2.10. The highest BCUT2D eigenvalue weighted by Crippen LogP contribution is 2.24. The molecule has 3 rings (SSSR count). The quantitative estimate of drug-likeness (QED) is 0.189. The molecule has 0 radical (unpaired) electrons. The summed E-state index contributed by atoms with van der Waals surface area (Å²) in [7, 11) is 0. The van der Waals surface area contributed by atoms with Crippen LogP contribution in [0.2, 0.25) is 0 Å². The van der Waals surface area contributed by atoms with Gasteiger partial charge in [-0.2, -0.15) is 5.10 Å². The predicted molar refractivity (Wildman–Crippen MR) is 116 cm³/mol. The monoisotopic (exact) mass is 416 g/mol. The molecule has 0 aliphatic carbocycles. The van der Waals surface area contributed by atoms with Gasteiger partial charge in [-0.25, -0.2) is 19.6 Å². The Morgan fingerprint density at radius 3 is 2.73 bits per heavy atom. The highest BCUT2D eigenvalue weighted by molar-refractivity contribution is 6.03. The van der Waals surface area contributed by atoms with Crippen LogP contribution in [0.25, 0.3) is 11.1 Å². The smallest absolute Gasteiger partial charge is 0.149 e. The maximum absolute atomic E-state index is 13.0. The van der Waals surface area contributed by atoms with E-state index in [-0.39, 0.29) is 18.0 Å². The van der Waals surface area contributed by atoms with Crippen molar-refractivity contribution >= 4 is 11.7 Å². The Balaban J connectivity index is 0.000000735. The number of allylic oxidation sites excluding steroid dienone is 2. The molecule has 1 fully saturated rings. The van der Waals surface area contributed by atoms with Crippen LogP contribution in [0.1, 0.15) is 18.0 Å². The Morgan fingerprint density at radius 2 is 2.13 bits per heavy atom. The zero-order chi connectivity index (χ0) is 21.9. The van der Waals surface area contributed by atoms with E-state index in [1.54, 1.807) is 30.6 Å². The summed E-state index contributed by atoms with van der Waals surface area (Å²) in [6.07, 6.45) is 9.44. The Labute approximate surface area is 174 Å². The second-order valence-electron chi connectivity index (χ2n) is 6.35. The van der Waals surface area contributed by atoms with Gasteiger partial charge in [-0.3, -0.25) is 9.67 Å². The van der Waals surface area contributed by atoms with Crippen LogP contribution < -0.4 is 22.3 Å². The van der Waals surface area contributed by atoms with E-state index in [4.69, 9.17) is 11.6 Å². The number of pyridine rings is 1. The third-order valence-electron chi connectivity index (χ3n) is 4.33. The first-order chi connectivity index (χ1) is 14.5. The van der Waals surface area contributed by atoms with E-state index in [9.17, 15) is 8.78 Å². The summed E-state index contributed by atoms with van der Waals surface area (Å²) in [4.78, 5) is 8.04. The number of hydrogen-bond donors (Lipinski definition) is 4. The molecule has 1 unspecified atom stereocenters. The van der Waals surface area contributed by atoms with Crippen LogP contribution in [0.3, 0.4) is 0 Å². The van der Waals surface area contributed by atoms with Gasteiger partial charge in [0.05, 0.1) is 24.3 Å². The average molecular weight is 416 g/mol. The Hall–Kier alpha value is -3.37. The van der Waals surface area contributed by atoms with Crippen molar-refractivity contribution in [2.24, 2.45) is 10.8 Å². The van der Waals surface area contributed by atoms with E-state index in [2.05, 4.69) is 39.0 Å². The predicted octanol–water partition coefficient (Wildman–Crippen LogP) is 2.41.